The monoisotopic (exact) mass is 325 g/mol. The van der Waals surface area contributed by atoms with Crippen LogP contribution in [0.3, 0.4) is 0 Å². The SMILES string of the molecule is CCOC(=O)CC1CCN(O[C@H]2CC[C@H](C(C)(C)C)CC2)CC1. The zero-order valence-corrected chi connectivity index (χ0v) is 15.5. The summed E-state index contributed by atoms with van der Waals surface area (Å²) in [5.74, 6) is 1.25. The molecule has 0 unspecified atom stereocenters. The van der Waals surface area contributed by atoms with Gasteiger partial charge in [0.1, 0.15) is 0 Å². The molecule has 1 heterocycles. The Balaban J connectivity index is 1.64. The van der Waals surface area contributed by atoms with E-state index in [4.69, 9.17) is 9.57 Å². The first-order chi connectivity index (χ1) is 10.9. The highest BCUT2D eigenvalue weighted by molar-refractivity contribution is 5.69. The first kappa shape index (κ1) is 18.7. The quantitative estimate of drug-likeness (QED) is 0.711. The lowest BCUT2D eigenvalue weighted by Gasteiger charge is -2.39. The molecule has 134 valence electrons. The van der Waals surface area contributed by atoms with E-state index in [1.807, 2.05) is 6.92 Å². The van der Waals surface area contributed by atoms with Gasteiger partial charge in [0.05, 0.1) is 12.7 Å². The van der Waals surface area contributed by atoms with Crippen LogP contribution in [0, 0.1) is 17.3 Å². The van der Waals surface area contributed by atoms with Crippen molar-refractivity contribution in [1.29, 1.82) is 0 Å². The smallest absolute Gasteiger partial charge is 0.306 e. The molecule has 0 atom stereocenters. The van der Waals surface area contributed by atoms with Crippen molar-refractivity contribution in [3.8, 4) is 0 Å². The van der Waals surface area contributed by atoms with E-state index in [9.17, 15) is 4.79 Å². The standard InChI is InChI=1S/C19H35NO3/c1-5-22-18(21)14-15-10-12-20(13-11-15)23-17-8-6-16(7-9-17)19(2,3)4/h15-17H,5-14H2,1-4H3/t16-,17-. The molecule has 0 aromatic heterocycles. The van der Waals surface area contributed by atoms with Crippen molar-refractivity contribution in [2.45, 2.75) is 78.7 Å². The minimum atomic E-state index is -0.0487. The number of hydroxylamine groups is 2. The molecular formula is C19H35NO3. The number of carbonyl (C=O) groups excluding carboxylic acids is 1. The van der Waals surface area contributed by atoms with Gasteiger partial charge in [0, 0.05) is 19.5 Å². The predicted molar refractivity (Wildman–Crippen MR) is 91.8 cm³/mol. The Kier molecular flexibility index (Phi) is 6.90. The average molecular weight is 325 g/mol. The van der Waals surface area contributed by atoms with Gasteiger partial charge in [-0.25, -0.2) is 0 Å². The summed E-state index contributed by atoms with van der Waals surface area (Å²) in [6, 6.07) is 0. The molecule has 0 N–H and O–H groups in total. The first-order valence-corrected chi connectivity index (χ1v) is 9.45. The highest BCUT2D eigenvalue weighted by atomic mass is 16.7. The summed E-state index contributed by atoms with van der Waals surface area (Å²) in [6.45, 7) is 11.3. The largest absolute Gasteiger partial charge is 0.466 e. The summed E-state index contributed by atoms with van der Waals surface area (Å²) >= 11 is 0. The zero-order chi connectivity index (χ0) is 16.9. The van der Waals surface area contributed by atoms with Crippen LogP contribution in [-0.4, -0.2) is 36.8 Å². The number of hydrogen-bond donors (Lipinski definition) is 0. The van der Waals surface area contributed by atoms with Gasteiger partial charge in [-0.05, 0) is 62.7 Å². The van der Waals surface area contributed by atoms with Crippen molar-refractivity contribution in [1.82, 2.24) is 5.06 Å². The summed E-state index contributed by atoms with van der Waals surface area (Å²) in [7, 11) is 0. The van der Waals surface area contributed by atoms with Crippen LogP contribution in [0.2, 0.25) is 0 Å². The molecule has 0 spiro atoms. The number of esters is 1. The summed E-state index contributed by atoms with van der Waals surface area (Å²) in [4.78, 5) is 17.8. The fourth-order valence-electron chi connectivity index (χ4n) is 3.92. The third-order valence-corrected chi connectivity index (χ3v) is 5.53. The number of rotatable bonds is 5. The highest BCUT2D eigenvalue weighted by Gasteiger charge is 2.31. The molecule has 0 radical (unpaired) electrons. The summed E-state index contributed by atoms with van der Waals surface area (Å²) in [5.41, 5.74) is 0.427. The lowest BCUT2D eigenvalue weighted by molar-refractivity contribution is -0.220. The molecule has 0 bridgehead atoms. The Morgan fingerprint density at radius 3 is 2.17 bits per heavy atom. The second kappa shape index (κ2) is 8.48. The van der Waals surface area contributed by atoms with Crippen molar-refractivity contribution < 1.29 is 14.4 Å². The molecule has 1 saturated carbocycles. The van der Waals surface area contributed by atoms with E-state index in [1.54, 1.807) is 0 Å². The van der Waals surface area contributed by atoms with Gasteiger partial charge in [-0.2, -0.15) is 5.06 Å². The van der Waals surface area contributed by atoms with Crippen LogP contribution in [0.15, 0.2) is 0 Å². The molecular weight excluding hydrogens is 290 g/mol. The van der Waals surface area contributed by atoms with E-state index in [-0.39, 0.29) is 5.97 Å². The molecule has 2 aliphatic rings. The van der Waals surface area contributed by atoms with Crippen molar-refractivity contribution in [3.05, 3.63) is 0 Å². The fourth-order valence-corrected chi connectivity index (χ4v) is 3.92. The van der Waals surface area contributed by atoms with Crippen LogP contribution in [0.5, 0.6) is 0 Å². The van der Waals surface area contributed by atoms with Gasteiger partial charge in [-0.1, -0.05) is 20.8 Å². The van der Waals surface area contributed by atoms with Crippen molar-refractivity contribution in [2.75, 3.05) is 19.7 Å². The van der Waals surface area contributed by atoms with E-state index < -0.39 is 0 Å². The molecule has 2 fully saturated rings. The Bertz CT molecular complexity index is 361. The number of ether oxygens (including phenoxy) is 1. The Morgan fingerprint density at radius 2 is 1.65 bits per heavy atom. The summed E-state index contributed by atoms with van der Waals surface area (Å²) in [5, 5.41) is 2.14. The van der Waals surface area contributed by atoms with Gasteiger partial charge in [0.2, 0.25) is 0 Å². The van der Waals surface area contributed by atoms with Crippen molar-refractivity contribution >= 4 is 5.97 Å². The van der Waals surface area contributed by atoms with E-state index in [1.165, 1.54) is 25.7 Å². The fraction of sp³-hybridized carbons (Fsp3) is 0.947. The van der Waals surface area contributed by atoms with Crippen LogP contribution in [-0.2, 0) is 14.4 Å². The molecule has 1 saturated heterocycles. The second-order valence-corrected chi connectivity index (χ2v) is 8.33. The molecule has 1 aliphatic heterocycles. The summed E-state index contributed by atoms with van der Waals surface area (Å²) < 4.78 is 5.05. The van der Waals surface area contributed by atoms with Gasteiger partial charge in [-0.15, -0.1) is 0 Å². The van der Waals surface area contributed by atoms with Gasteiger partial charge < -0.3 is 4.74 Å². The Morgan fingerprint density at radius 1 is 1.04 bits per heavy atom. The van der Waals surface area contributed by atoms with Gasteiger partial charge in [0.15, 0.2) is 0 Å². The maximum Gasteiger partial charge on any atom is 0.306 e. The normalized spacial score (nSPS) is 27.8. The molecule has 4 nitrogen and oxygen atoms in total. The molecule has 23 heavy (non-hydrogen) atoms. The molecule has 2 rings (SSSR count). The first-order valence-electron chi connectivity index (χ1n) is 9.45. The Hall–Kier alpha value is -0.610. The minimum absolute atomic E-state index is 0.0487. The highest BCUT2D eigenvalue weighted by Crippen LogP contribution is 2.38. The van der Waals surface area contributed by atoms with E-state index in [0.29, 0.717) is 30.5 Å². The number of piperidine rings is 1. The minimum Gasteiger partial charge on any atom is -0.466 e. The third kappa shape index (κ3) is 6.07. The van der Waals surface area contributed by atoms with Crippen LogP contribution < -0.4 is 0 Å². The molecule has 0 amide bonds. The zero-order valence-electron chi connectivity index (χ0n) is 15.5. The molecule has 1 aliphatic carbocycles. The maximum absolute atomic E-state index is 11.6. The average Bonchev–Trinajstić information content (AvgIpc) is 2.49. The van der Waals surface area contributed by atoms with Crippen molar-refractivity contribution in [3.63, 3.8) is 0 Å². The third-order valence-electron chi connectivity index (χ3n) is 5.53. The molecule has 0 aromatic carbocycles. The van der Waals surface area contributed by atoms with E-state index in [0.717, 1.165) is 31.8 Å². The van der Waals surface area contributed by atoms with E-state index >= 15 is 0 Å². The van der Waals surface area contributed by atoms with Gasteiger partial charge in [-0.3, -0.25) is 9.63 Å². The van der Waals surface area contributed by atoms with E-state index in [2.05, 4.69) is 25.8 Å². The molecule has 4 heteroatoms. The number of carbonyl (C=O) groups is 1. The van der Waals surface area contributed by atoms with Gasteiger partial charge >= 0.3 is 5.97 Å². The van der Waals surface area contributed by atoms with Gasteiger partial charge in [0.25, 0.3) is 0 Å². The van der Waals surface area contributed by atoms with Crippen LogP contribution in [0.1, 0.15) is 72.6 Å². The molecule has 0 aromatic rings. The predicted octanol–water partition coefficient (Wildman–Crippen LogP) is 4.19. The second-order valence-electron chi connectivity index (χ2n) is 8.33. The maximum atomic E-state index is 11.6. The summed E-state index contributed by atoms with van der Waals surface area (Å²) in [6.07, 6.45) is 7.98. The van der Waals surface area contributed by atoms with Crippen LogP contribution in [0.4, 0.5) is 0 Å². The topological polar surface area (TPSA) is 38.8 Å². The lowest BCUT2D eigenvalue weighted by Crippen LogP contribution is -2.39. The van der Waals surface area contributed by atoms with Crippen molar-refractivity contribution in [2.24, 2.45) is 17.3 Å². The van der Waals surface area contributed by atoms with Crippen LogP contribution in [0.25, 0.3) is 0 Å². The lowest BCUT2D eigenvalue weighted by atomic mass is 9.72. The number of hydrogen-bond acceptors (Lipinski definition) is 4. The number of nitrogens with zero attached hydrogens (tertiary/aromatic N) is 1. The van der Waals surface area contributed by atoms with Crippen LogP contribution >= 0.6 is 0 Å². The Labute approximate surface area is 141 Å².